The SMILES string of the molecule is COC(=O)N[C@@H](Cc1ccccc1)C(=O)N1CCCCC1. The highest BCUT2D eigenvalue weighted by molar-refractivity contribution is 5.86. The number of ether oxygens (including phenoxy) is 1. The molecular formula is C16H22N2O3. The van der Waals surface area contributed by atoms with Gasteiger partial charge in [0.15, 0.2) is 0 Å². The smallest absolute Gasteiger partial charge is 0.407 e. The summed E-state index contributed by atoms with van der Waals surface area (Å²) in [5, 5.41) is 2.66. The first kappa shape index (κ1) is 15.4. The standard InChI is InChI=1S/C16H22N2O3/c1-21-16(20)17-14(12-13-8-4-2-5-9-13)15(19)18-10-6-3-7-11-18/h2,4-5,8-9,14H,3,6-7,10-12H2,1H3,(H,17,20)/t14-/m0/s1. The van der Waals surface area contributed by atoms with Crippen molar-refractivity contribution < 1.29 is 14.3 Å². The summed E-state index contributed by atoms with van der Waals surface area (Å²) >= 11 is 0. The van der Waals surface area contributed by atoms with E-state index in [9.17, 15) is 9.59 Å². The van der Waals surface area contributed by atoms with Crippen LogP contribution in [0.25, 0.3) is 0 Å². The van der Waals surface area contributed by atoms with Crippen LogP contribution in [0.2, 0.25) is 0 Å². The van der Waals surface area contributed by atoms with E-state index in [0.717, 1.165) is 37.9 Å². The Morgan fingerprint density at radius 1 is 1.19 bits per heavy atom. The highest BCUT2D eigenvalue weighted by Crippen LogP contribution is 2.12. The lowest BCUT2D eigenvalue weighted by Gasteiger charge is -2.30. The van der Waals surface area contributed by atoms with Crippen LogP contribution in [-0.2, 0) is 16.0 Å². The van der Waals surface area contributed by atoms with Gasteiger partial charge in [0, 0.05) is 19.5 Å². The van der Waals surface area contributed by atoms with Gasteiger partial charge in [0.25, 0.3) is 0 Å². The van der Waals surface area contributed by atoms with Gasteiger partial charge in [-0.1, -0.05) is 30.3 Å². The Hall–Kier alpha value is -2.04. The molecule has 1 aromatic carbocycles. The van der Waals surface area contributed by atoms with Crippen molar-refractivity contribution in [1.29, 1.82) is 0 Å². The third kappa shape index (κ3) is 4.48. The van der Waals surface area contributed by atoms with Gasteiger partial charge in [0.2, 0.25) is 5.91 Å². The highest BCUT2D eigenvalue weighted by Gasteiger charge is 2.27. The summed E-state index contributed by atoms with van der Waals surface area (Å²) in [6.45, 7) is 1.54. The van der Waals surface area contributed by atoms with E-state index in [4.69, 9.17) is 0 Å². The Labute approximate surface area is 125 Å². The number of alkyl carbamates (subject to hydrolysis) is 1. The Morgan fingerprint density at radius 2 is 1.86 bits per heavy atom. The van der Waals surface area contributed by atoms with Gasteiger partial charge in [-0.3, -0.25) is 4.79 Å². The van der Waals surface area contributed by atoms with Gasteiger partial charge in [0.1, 0.15) is 6.04 Å². The molecule has 2 rings (SSSR count). The van der Waals surface area contributed by atoms with Crippen LogP contribution in [-0.4, -0.2) is 43.1 Å². The number of benzene rings is 1. The average molecular weight is 290 g/mol. The summed E-state index contributed by atoms with van der Waals surface area (Å²) < 4.78 is 4.64. The van der Waals surface area contributed by atoms with Crippen LogP contribution in [0.1, 0.15) is 24.8 Å². The van der Waals surface area contributed by atoms with Crippen LogP contribution < -0.4 is 5.32 Å². The molecule has 1 aliphatic rings. The van der Waals surface area contributed by atoms with Gasteiger partial charge in [-0.15, -0.1) is 0 Å². The minimum atomic E-state index is -0.571. The summed E-state index contributed by atoms with van der Waals surface area (Å²) in [4.78, 5) is 25.9. The predicted octanol–water partition coefficient (Wildman–Crippen LogP) is 1.97. The van der Waals surface area contributed by atoms with Crippen molar-refractivity contribution in [2.24, 2.45) is 0 Å². The number of carbonyl (C=O) groups is 2. The zero-order chi connectivity index (χ0) is 15.1. The van der Waals surface area contributed by atoms with Crippen molar-refractivity contribution in [2.75, 3.05) is 20.2 Å². The average Bonchev–Trinajstić information content (AvgIpc) is 2.55. The molecule has 114 valence electrons. The van der Waals surface area contributed by atoms with Gasteiger partial charge >= 0.3 is 6.09 Å². The fraction of sp³-hybridized carbons (Fsp3) is 0.500. The van der Waals surface area contributed by atoms with Crippen LogP contribution >= 0.6 is 0 Å². The fourth-order valence-electron chi connectivity index (χ4n) is 2.59. The summed E-state index contributed by atoms with van der Waals surface area (Å²) in [6, 6.07) is 9.12. The molecule has 5 nitrogen and oxygen atoms in total. The first-order chi connectivity index (χ1) is 10.2. The second kappa shape index (κ2) is 7.67. The van der Waals surface area contributed by atoms with Crippen molar-refractivity contribution >= 4 is 12.0 Å². The number of hydrogen-bond donors (Lipinski definition) is 1. The van der Waals surface area contributed by atoms with Crippen LogP contribution in [0.5, 0.6) is 0 Å². The maximum absolute atomic E-state index is 12.6. The lowest BCUT2D eigenvalue weighted by Crippen LogP contribution is -2.51. The molecular weight excluding hydrogens is 268 g/mol. The van der Waals surface area contributed by atoms with Gasteiger partial charge < -0.3 is 15.0 Å². The van der Waals surface area contributed by atoms with Crippen molar-refractivity contribution in [1.82, 2.24) is 10.2 Å². The number of rotatable bonds is 4. The van der Waals surface area contributed by atoms with Crippen molar-refractivity contribution in [2.45, 2.75) is 31.7 Å². The summed E-state index contributed by atoms with van der Waals surface area (Å²) in [6.07, 6.45) is 3.13. The third-order valence-electron chi connectivity index (χ3n) is 3.73. The Morgan fingerprint density at radius 3 is 2.48 bits per heavy atom. The molecule has 0 spiro atoms. The van der Waals surface area contributed by atoms with Crippen LogP contribution in [0.3, 0.4) is 0 Å². The van der Waals surface area contributed by atoms with Gasteiger partial charge in [-0.05, 0) is 24.8 Å². The largest absolute Gasteiger partial charge is 0.453 e. The second-order valence-corrected chi connectivity index (χ2v) is 5.26. The number of amides is 2. The molecule has 0 unspecified atom stereocenters. The minimum absolute atomic E-state index is 0.0241. The first-order valence-corrected chi connectivity index (χ1v) is 7.38. The van der Waals surface area contributed by atoms with E-state index in [1.807, 2.05) is 35.2 Å². The molecule has 21 heavy (non-hydrogen) atoms. The second-order valence-electron chi connectivity index (χ2n) is 5.26. The molecule has 1 saturated heterocycles. The molecule has 0 saturated carbocycles. The number of hydrogen-bond acceptors (Lipinski definition) is 3. The van der Waals surface area contributed by atoms with E-state index in [0.29, 0.717) is 6.42 Å². The predicted molar refractivity (Wildman–Crippen MR) is 79.9 cm³/mol. The molecule has 0 bridgehead atoms. The van der Waals surface area contributed by atoms with Gasteiger partial charge in [-0.2, -0.15) is 0 Å². The molecule has 5 heteroatoms. The zero-order valence-corrected chi connectivity index (χ0v) is 12.4. The van der Waals surface area contributed by atoms with Crippen molar-refractivity contribution in [3.05, 3.63) is 35.9 Å². The summed E-state index contributed by atoms with van der Waals surface area (Å²) in [5.74, 6) is -0.0241. The van der Waals surface area contributed by atoms with E-state index in [2.05, 4.69) is 10.1 Å². The minimum Gasteiger partial charge on any atom is -0.453 e. The van der Waals surface area contributed by atoms with E-state index < -0.39 is 12.1 Å². The Bertz CT molecular complexity index is 470. The Balaban J connectivity index is 2.07. The molecule has 1 N–H and O–H groups in total. The number of nitrogens with one attached hydrogen (secondary N) is 1. The number of carbonyl (C=O) groups excluding carboxylic acids is 2. The van der Waals surface area contributed by atoms with E-state index in [1.165, 1.54) is 7.11 Å². The van der Waals surface area contributed by atoms with Crippen LogP contribution in [0.15, 0.2) is 30.3 Å². The molecule has 1 fully saturated rings. The molecule has 1 aliphatic heterocycles. The number of likely N-dealkylation sites (tertiary alicyclic amines) is 1. The first-order valence-electron chi connectivity index (χ1n) is 7.38. The summed E-state index contributed by atoms with van der Waals surface area (Å²) in [7, 11) is 1.31. The quantitative estimate of drug-likeness (QED) is 0.922. The third-order valence-corrected chi connectivity index (χ3v) is 3.73. The lowest BCUT2D eigenvalue weighted by molar-refractivity contribution is -0.134. The van der Waals surface area contributed by atoms with E-state index in [-0.39, 0.29) is 5.91 Å². The monoisotopic (exact) mass is 290 g/mol. The normalized spacial score (nSPS) is 16.1. The molecule has 0 aromatic heterocycles. The van der Waals surface area contributed by atoms with Crippen molar-refractivity contribution in [3.63, 3.8) is 0 Å². The highest BCUT2D eigenvalue weighted by atomic mass is 16.5. The van der Waals surface area contributed by atoms with E-state index >= 15 is 0 Å². The van der Waals surface area contributed by atoms with Gasteiger partial charge in [-0.25, -0.2) is 4.79 Å². The molecule has 0 radical (unpaired) electrons. The molecule has 1 heterocycles. The van der Waals surface area contributed by atoms with Crippen molar-refractivity contribution in [3.8, 4) is 0 Å². The molecule has 1 aromatic rings. The van der Waals surface area contributed by atoms with Crippen LogP contribution in [0, 0.1) is 0 Å². The number of methoxy groups -OCH3 is 1. The zero-order valence-electron chi connectivity index (χ0n) is 12.4. The molecule has 0 aliphatic carbocycles. The fourth-order valence-corrected chi connectivity index (χ4v) is 2.59. The van der Waals surface area contributed by atoms with Gasteiger partial charge in [0.05, 0.1) is 7.11 Å². The lowest BCUT2D eigenvalue weighted by atomic mass is 10.0. The van der Waals surface area contributed by atoms with E-state index in [1.54, 1.807) is 0 Å². The maximum atomic E-state index is 12.6. The number of piperidine rings is 1. The summed E-state index contributed by atoms with van der Waals surface area (Å²) in [5.41, 5.74) is 1.02. The maximum Gasteiger partial charge on any atom is 0.407 e. The number of nitrogens with zero attached hydrogens (tertiary/aromatic N) is 1. The topological polar surface area (TPSA) is 58.6 Å². The molecule has 2 amide bonds. The Kier molecular flexibility index (Phi) is 5.60. The molecule has 1 atom stereocenters. The van der Waals surface area contributed by atoms with Crippen LogP contribution in [0.4, 0.5) is 4.79 Å².